The first-order chi connectivity index (χ1) is 12.9. The molecule has 156 valence electrons. The summed E-state index contributed by atoms with van der Waals surface area (Å²) in [5, 5.41) is 2.36. The van der Waals surface area contributed by atoms with Gasteiger partial charge in [0.2, 0.25) is 0 Å². The van der Waals surface area contributed by atoms with E-state index in [2.05, 4.69) is 14.7 Å². The van der Waals surface area contributed by atoms with Crippen LogP contribution in [0.2, 0.25) is 0 Å². The summed E-state index contributed by atoms with van der Waals surface area (Å²) in [4.78, 5) is 31.9. The highest BCUT2D eigenvalue weighted by Crippen LogP contribution is 2.21. The first kappa shape index (κ1) is 23.5. The van der Waals surface area contributed by atoms with Crippen LogP contribution in [0, 0.1) is 0 Å². The van der Waals surface area contributed by atoms with Gasteiger partial charge in [-0.2, -0.15) is 4.40 Å². The molecule has 1 atom stereocenters. The zero-order valence-corrected chi connectivity index (χ0v) is 18.5. The lowest BCUT2D eigenvalue weighted by Gasteiger charge is -2.20. The van der Waals surface area contributed by atoms with E-state index in [1.807, 2.05) is 0 Å². The number of hydrogen-bond acceptors (Lipinski definition) is 6. The zero-order chi connectivity index (χ0) is 21.6. The van der Waals surface area contributed by atoms with Crippen LogP contribution in [0.5, 0.6) is 0 Å². The molecule has 0 aliphatic carbocycles. The van der Waals surface area contributed by atoms with Gasteiger partial charge in [0.05, 0.1) is 16.0 Å². The highest BCUT2D eigenvalue weighted by molar-refractivity contribution is 7.85. The van der Waals surface area contributed by atoms with Crippen LogP contribution in [0.3, 0.4) is 0 Å². The van der Waals surface area contributed by atoms with Gasteiger partial charge in [0, 0.05) is 47.0 Å². The van der Waals surface area contributed by atoms with Crippen LogP contribution in [0.25, 0.3) is 0 Å². The predicted octanol–water partition coefficient (Wildman–Crippen LogP) is 1.59. The molecule has 0 aliphatic rings. The van der Waals surface area contributed by atoms with Crippen LogP contribution in [-0.2, 0) is 22.3 Å². The summed E-state index contributed by atoms with van der Waals surface area (Å²) in [6.07, 6.45) is 0.742. The van der Waals surface area contributed by atoms with Crippen LogP contribution < -0.4 is 10.2 Å². The minimum absolute atomic E-state index is 0.168. The highest BCUT2D eigenvalue weighted by atomic mass is 32.2. The molecule has 0 aliphatic heterocycles. The Morgan fingerprint density at radius 1 is 1.29 bits per heavy atom. The summed E-state index contributed by atoms with van der Waals surface area (Å²) in [5.74, 6) is 0.254. The van der Waals surface area contributed by atoms with E-state index in [4.69, 9.17) is 4.74 Å². The van der Waals surface area contributed by atoms with Crippen molar-refractivity contribution < 1.29 is 18.5 Å². The van der Waals surface area contributed by atoms with Crippen molar-refractivity contribution >= 4 is 35.0 Å². The molecule has 1 aromatic heterocycles. The Morgan fingerprint density at radius 3 is 2.36 bits per heavy atom. The number of carbonyl (C=O) groups excluding carboxylic acids is 2. The molecule has 2 amide bonds. The maximum absolute atomic E-state index is 12.8. The standard InChI is InChI=1S/C18H29N5O4S/c1-18(2,3)28(26)20-10-13-12(16(24)23(7)8)9-15(22(5)6)21-14(13)11-27-17(25)19-4/h9-10H,11H2,1-8H3,(H,19,25)/b20-10+. The van der Waals surface area contributed by atoms with E-state index in [9.17, 15) is 13.8 Å². The van der Waals surface area contributed by atoms with Crippen molar-refractivity contribution in [2.45, 2.75) is 32.1 Å². The lowest BCUT2D eigenvalue weighted by Crippen LogP contribution is -2.26. The maximum atomic E-state index is 12.8. The van der Waals surface area contributed by atoms with Gasteiger partial charge in [-0.3, -0.25) is 4.79 Å². The van der Waals surface area contributed by atoms with Crippen molar-refractivity contribution in [3.63, 3.8) is 0 Å². The van der Waals surface area contributed by atoms with Crippen LogP contribution in [-0.4, -0.2) is 72.3 Å². The maximum Gasteiger partial charge on any atom is 0.407 e. The van der Waals surface area contributed by atoms with E-state index < -0.39 is 21.8 Å². The third-order valence-corrected chi connectivity index (χ3v) is 4.91. The van der Waals surface area contributed by atoms with Gasteiger partial charge < -0.3 is 19.9 Å². The normalized spacial score (nSPS) is 12.6. The van der Waals surface area contributed by atoms with Crippen molar-refractivity contribution in [3.8, 4) is 0 Å². The lowest BCUT2D eigenvalue weighted by molar-refractivity contribution is 0.0827. The third kappa shape index (κ3) is 6.29. The molecule has 1 heterocycles. The number of anilines is 1. The van der Waals surface area contributed by atoms with Crippen LogP contribution >= 0.6 is 0 Å². The summed E-state index contributed by atoms with van der Waals surface area (Å²) >= 11 is 0. The molecule has 28 heavy (non-hydrogen) atoms. The summed E-state index contributed by atoms with van der Waals surface area (Å²) in [6, 6.07) is 1.63. The lowest BCUT2D eigenvalue weighted by atomic mass is 10.1. The smallest absolute Gasteiger partial charge is 0.407 e. The summed E-state index contributed by atoms with van der Waals surface area (Å²) in [7, 11) is 6.77. The van der Waals surface area contributed by atoms with Gasteiger partial charge in [0.15, 0.2) is 0 Å². The Labute approximate surface area is 168 Å². The Hall–Kier alpha value is -2.49. The van der Waals surface area contributed by atoms with E-state index in [0.717, 1.165) is 0 Å². The number of carbonyl (C=O) groups is 2. The second-order valence-electron chi connectivity index (χ2n) is 7.40. The SMILES string of the molecule is CNC(=O)OCc1nc(N(C)C)cc(C(=O)N(C)C)c1/C=N/S(=O)C(C)(C)C. The summed E-state index contributed by atoms with van der Waals surface area (Å²) in [5.41, 5.74) is 1.04. The second kappa shape index (κ2) is 9.63. The van der Waals surface area contributed by atoms with E-state index >= 15 is 0 Å². The Kier molecular flexibility index (Phi) is 8.10. The molecular weight excluding hydrogens is 382 g/mol. The molecule has 0 aromatic carbocycles. The Balaban J connectivity index is 3.58. The molecule has 0 bridgehead atoms. The van der Waals surface area contributed by atoms with Gasteiger partial charge in [-0.1, -0.05) is 0 Å². The van der Waals surface area contributed by atoms with Crippen molar-refractivity contribution in [1.29, 1.82) is 0 Å². The molecule has 0 radical (unpaired) electrons. The van der Waals surface area contributed by atoms with Gasteiger partial charge >= 0.3 is 6.09 Å². The molecule has 10 heteroatoms. The first-order valence-corrected chi connectivity index (χ1v) is 9.72. The van der Waals surface area contributed by atoms with Gasteiger partial charge in [0.1, 0.15) is 23.4 Å². The molecule has 1 rings (SSSR count). The van der Waals surface area contributed by atoms with Crippen molar-refractivity contribution in [1.82, 2.24) is 15.2 Å². The minimum atomic E-state index is -1.52. The van der Waals surface area contributed by atoms with E-state index in [1.54, 1.807) is 59.9 Å². The van der Waals surface area contributed by atoms with Crippen molar-refractivity contribution in [3.05, 3.63) is 22.9 Å². The van der Waals surface area contributed by atoms with E-state index in [0.29, 0.717) is 22.6 Å². The fourth-order valence-corrected chi connectivity index (χ4v) is 2.48. The molecule has 0 saturated heterocycles. The topological polar surface area (TPSA) is 104 Å². The number of rotatable bonds is 6. The number of hydrogen-bond donors (Lipinski definition) is 1. The van der Waals surface area contributed by atoms with Crippen molar-refractivity contribution in [2.75, 3.05) is 40.1 Å². The average Bonchev–Trinajstić information content (AvgIpc) is 2.61. The van der Waals surface area contributed by atoms with Gasteiger partial charge in [-0.15, -0.1) is 0 Å². The van der Waals surface area contributed by atoms with Crippen LogP contribution in [0.15, 0.2) is 10.5 Å². The number of pyridine rings is 1. The zero-order valence-electron chi connectivity index (χ0n) is 17.7. The van der Waals surface area contributed by atoms with Crippen LogP contribution in [0.4, 0.5) is 10.6 Å². The first-order valence-electron chi connectivity index (χ1n) is 8.62. The van der Waals surface area contributed by atoms with E-state index in [-0.39, 0.29) is 12.5 Å². The van der Waals surface area contributed by atoms with Gasteiger partial charge in [-0.25, -0.2) is 14.0 Å². The largest absolute Gasteiger partial charge is 0.443 e. The average molecular weight is 412 g/mol. The predicted molar refractivity (Wildman–Crippen MR) is 111 cm³/mol. The quantitative estimate of drug-likeness (QED) is 0.713. The van der Waals surface area contributed by atoms with Crippen molar-refractivity contribution in [2.24, 2.45) is 4.40 Å². The molecule has 1 N–H and O–H groups in total. The molecule has 9 nitrogen and oxygen atoms in total. The second-order valence-corrected chi connectivity index (χ2v) is 9.34. The van der Waals surface area contributed by atoms with Gasteiger partial charge in [0.25, 0.3) is 5.91 Å². The molecule has 0 fully saturated rings. The summed E-state index contributed by atoms with van der Waals surface area (Å²) < 4.78 is 21.0. The number of alkyl carbamates (subject to hydrolysis) is 1. The number of nitrogens with zero attached hydrogens (tertiary/aromatic N) is 4. The fourth-order valence-electron chi connectivity index (χ4n) is 1.96. The Morgan fingerprint density at radius 2 is 1.89 bits per heavy atom. The van der Waals surface area contributed by atoms with Crippen LogP contribution in [0.1, 0.15) is 42.4 Å². The molecule has 0 spiro atoms. The summed E-state index contributed by atoms with van der Waals surface area (Å²) in [6.45, 7) is 5.23. The molecule has 0 saturated carbocycles. The number of nitrogens with one attached hydrogen (secondary N) is 1. The third-order valence-electron chi connectivity index (χ3n) is 3.56. The highest BCUT2D eigenvalue weighted by Gasteiger charge is 2.22. The van der Waals surface area contributed by atoms with E-state index in [1.165, 1.54) is 18.2 Å². The monoisotopic (exact) mass is 411 g/mol. The number of aromatic nitrogens is 1. The van der Waals surface area contributed by atoms with Gasteiger partial charge in [-0.05, 0) is 26.8 Å². The molecular formula is C18H29N5O4S. The molecule has 1 aromatic rings. The Bertz CT molecular complexity index is 785. The number of ether oxygens (including phenoxy) is 1. The molecule has 1 unspecified atom stereocenters. The number of amides is 2. The minimum Gasteiger partial charge on any atom is -0.443 e. The fraction of sp³-hybridized carbons (Fsp3) is 0.556.